The van der Waals surface area contributed by atoms with Gasteiger partial charge in [-0.15, -0.1) is 0 Å². The minimum Gasteiger partial charge on any atom is -0.462 e. The van der Waals surface area contributed by atoms with Crippen molar-refractivity contribution in [3.8, 4) is 12.1 Å². The fourth-order valence-corrected chi connectivity index (χ4v) is 6.51. The summed E-state index contributed by atoms with van der Waals surface area (Å²) in [6, 6.07) is 13.0. The third-order valence-corrected chi connectivity index (χ3v) is 8.79. The van der Waals surface area contributed by atoms with Crippen LogP contribution in [-0.2, 0) is 17.7 Å². The number of rotatable bonds is 6. The molecular weight excluding hydrogens is 556 g/mol. The average Bonchev–Trinajstić information content (AvgIpc) is 3.42. The molecule has 3 aliphatic heterocycles. The lowest BCUT2D eigenvalue weighted by atomic mass is 10.0. The predicted octanol–water partition coefficient (Wildman–Crippen LogP) is 4.40. The molecule has 6 rings (SSSR count). The number of hydrogen-bond donors (Lipinski definition) is 0. The Kier molecular flexibility index (Phi) is 8.45. The van der Waals surface area contributed by atoms with E-state index >= 15 is 0 Å². The summed E-state index contributed by atoms with van der Waals surface area (Å²) < 4.78 is 12.0. The Morgan fingerprint density at radius 3 is 2.68 bits per heavy atom. The lowest BCUT2D eigenvalue weighted by molar-refractivity contribution is 0.0144. The predicted molar refractivity (Wildman–Crippen MR) is 169 cm³/mol. The van der Waals surface area contributed by atoms with Gasteiger partial charge in [-0.1, -0.05) is 18.2 Å². The molecule has 0 radical (unpaired) electrons. The fourth-order valence-electron chi connectivity index (χ4n) is 6.51. The molecule has 2 aromatic heterocycles. The molecule has 1 aromatic carbocycles. The highest BCUT2D eigenvalue weighted by atomic mass is 16.6. The zero-order chi connectivity index (χ0) is 30.8. The molecule has 0 bridgehead atoms. The van der Waals surface area contributed by atoms with E-state index in [9.17, 15) is 10.1 Å². The maximum absolute atomic E-state index is 13.0. The number of para-hydroxylation sites is 1. The number of aromatic nitrogens is 3. The summed E-state index contributed by atoms with van der Waals surface area (Å²) in [4.78, 5) is 36.3. The normalized spacial score (nSPS) is 20.8. The number of anilines is 2. The van der Waals surface area contributed by atoms with Crippen molar-refractivity contribution in [2.75, 3.05) is 56.2 Å². The zero-order valence-electron chi connectivity index (χ0n) is 26.2. The lowest BCUT2D eigenvalue weighted by Crippen LogP contribution is -2.56. The molecule has 3 aliphatic rings. The topological polar surface area (TPSA) is 111 Å². The number of ether oxygens (including phenoxy) is 2. The van der Waals surface area contributed by atoms with Gasteiger partial charge in [0.1, 0.15) is 18.0 Å². The smallest absolute Gasteiger partial charge is 0.410 e. The van der Waals surface area contributed by atoms with E-state index in [1.807, 2.05) is 33.0 Å². The average molecular weight is 599 g/mol. The van der Waals surface area contributed by atoms with Crippen LogP contribution in [0, 0.1) is 11.3 Å². The number of likely N-dealkylation sites (N-methyl/N-ethyl adjacent to an activating group) is 1. The Morgan fingerprint density at radius 2 is 1.91 bits per heavy atom. The Balaban J connectivity index is 1.30. The van der Waals surface area contributed by atoms with E-state index in [1.165, 1.54) is 0 Å². The van der Waals surface area contributed by atoms with Crippen LogP contribution in [0.3, 0.4) is 0 Å². The monoisotopic (exact) mass is 598 g/mol. The molecule has 2 saturated heterocycles. The van der Waals surface area contributed by atoms with Crippen molar-refractivity contribution in [2.24, 2.45) is 0 Å². The van der Waals surface area contributed by atoms with Gasteiger partial charge in [0.25, 0.3) is 0 Å². The third kappa shape index (κ3) is 6.36. The SMILES string of the molecule is CN1CCCC1COc1nc2c(c(N3CCN(C(=O)OC(C)(C)C)C(CC#N)C3)n1)CCN(c1cccc3cccnc13)C2. The molecule has 11 nitrogen and oxygen atoms in total. The largest absolute Gasteiger partial charge is 0.462 e. The molecule has 5 heterocycles. The van der Waals surface area contributed by atoms with Crippen molar-refractivity contribution in [3.05, 3.63) is 47.8 Å². The number of hydrogen-bond acceptors (Lipinski definition) is 10. The number of nitriles is 1. The summed E-state index contributed by atoms with van der Waals surface area (Å²) in [6.45, 7) is 10.1. The van der Waals surface area contributed by atoms with E-state index in [-0.39, 0.29) is 18.6 Å². The van der Waals surface area contributed by atoms with E-state index in [0.29, 0.717) is 44.8 Å². The van der Waals surface area contributed by atoms with E-state index in [4.69, 9.17) is 19.4 Å². The van der Waals surface area contributed by atoms with Gasteiger partial charge in [0.05, 0.1) is 42.0 Å². The van der Waals surface area contributed by atoms with Crippen LogP contribution in [0.15, 0.2) is 36.5 Å². The van der Waals surface area contributed by atoms with Gasteiger partial charge in [-0.2, -0.15) is 15.2 Å². The van der Waals surface area contributed by atoms with Crippen molar-refractivity contribution in [1.29, 1.82) is 5.26 Å². The van der Waals surface area contributed by atoms with Crippen molar-refractivity contribution in [2.45, 2.75) is 70.7 Å². The second-order valence-corrected chi connectivity index (χ2v) is 13.0. The van der Waals surface area contributed by atoms with E-state index in [0.717, 1.165) is 66.0 Å². The first kappa shape index (κ1) is 29.9. The maximum Gasteiger partial charge on any atom is 0.410 e. The number of fused-ring (bicyclic) bond motifs is 2. The van der Waals surface area contributed by atoms with Gasteiger partial charge >= 0.3 is 12.1 Å². The van der Waals surface area contributed by atoms with Gasteiger partial charge in [-0.3, -0.25) is 4.98 Å². The molecule has 0 spiro atoms. The number of nitrogens with zero attached hydrogens (tertiary/aromatic N) is 8. The first-order valence-electron chi connectivity index (χ1n) is 15.6. The molecule has 0 saturated carbocycles. The Labute approximate surface area is 259 Å². The minimum atomic E-state index is -0.609. The molecule has 232 valence electrons. The van der Waals surface area contributed by atoms with Gasteiger partial charge in [0.15, 0.2) is 0 Å². The summed E-state index contributed by atoms with van der Waals surface area (Å²) in [5.74, 6) is 0.840. The highest BCUT2D eigenvalue weighted by Gasteiger charge is 2.36. The molecule has 11 heteroatoms. The fraction of sp³-hybridized carbons (Fsp3) is 0.545. The van der Waals surface area contributed by atoms with Gasteiger partial charge < -0.3 is 29.1 Å². The number of amides is 1. The highest BCUT2D eigenvalue weighted by Crippen LogP contribution is 2.34. The first-order valence-corrected chi connectivity index (χ1v) is 15.6. The summed E-state index contributed by atoms with van der Waals surface area (Å²) in [5, 5.41) is 10.8. The highest BCUT2D eigenvalue weighted by molar-refractivity contribution is 5.90. The number of piperazine rings is 1. The molecule has 2 fully saturated rings. The third-order valence-electron chi connectivity index (χ3n) is 8.79. The second-order valence-electron chi connectivity index (χ2n) is 13.0. The van der Waals surface area contributed by atoms with Crippen molar-refractivity contribution in [3.63, 3.8) is 0 Å². The lowest BCUT2D eigenvalue weighted by Gasteiger charge is -2.42. The molecule has 3 aromatic rings. The van der Waals surface area contributed by atoms with Crippen molar-refractivity contribution in [1.82, 2.24) is 24.8 Å². The number of carbonyl (C=O) groups is 1. The van der Waals surface area contributed by atoms with Crippen molar-refractivity contribution < 1.29 is 14.3 Å². The number of benzene rings is 1. The van der Waals surface area contributed by atoms with Crippen molar-refractivity contribution >= 4 is 28.5 Å². The van der Waals surface area contributed by atoms with E-state index in [1.54, 1.807) is 4.90 Å². The molecule has 1 amide bonds. The van der Waals surface area contributed by atoms with Crippen LogP contribution < -0.4 is 14.5 Å². The minimum absolute atomic E-state index is 0.211. The van der Waals surface area contributed by atoms with Crippen LogP contribution in [0.5, 0.6) is 6.01 Å². The van der Waals surface area contributed by atoms with Gasteiger partial charge in [0, 0.05) is 49.4 Å². The standard InChI is InChI=1S/C33H42N8O3/c1-33(2,3)44-32(42)41-19-18-40(20-24(41)12-14-34)30-26-13-17-39(28-11-5-8-23-9-6-15-35-29(23)28)21-27(26)36-31(37-30)43-22-25-10-7-16-38(25)4/h5-6,8-9,11,15,24-25H,7,10,12-13,16-22H2,1-4H3. The summed E-state index contributed by atoms with van der Waals surface area (Å²) >= 11 is 0. The molecule has 0 N–H and O–H groups in total. The number of pyridine rings is 1. The van der Waals surface area contributed by atoms with Crippen LogP contribution in [0.1, 0.15) is 51.3 Å². The summed E-state index contributed by atoms with van der Waals surface area (Å²) in [5.41, 5.74) is 3.49. The summed E-state index contributed by atoms with van der Waals surface area (Å²) in [6.07, 6.45) is 4.68. The Hall–Kier alpha value is -4.17. The number of likely N-dealkylation sites (tertiary alicyclic amines) is 1. The van der Waals surface area contributed by atoms with Crippen LogP contribution in [0.2, 0.25) is 0 Å². The van der Waals surface area contributed by atoms with Gasteiger partial charge in [0.2, 0.25) is 0 Å². The molecule has 2 atom stereocenters. The van der Waals surface area contributed by atoms with Gasteiger partial charge in [-0.25, -0.2) is 4.79 Å². The van der Waals surface area contributed by atoms with E-state index in [2.05, 4.69) is 57.1 Å². The molecular formula is C33H42N8O3. The van der Waals surface area contributed by atoms with Crippen LogP contribution in [-0.4, -0.2) is 94.9 Å². The molecule has 0 aliphatic carbocycles. The van der Waals surface area contributed by atoms with Crippen LogP contribution in [0.4, 0.5) is 16.3 Å². The Bertz CT molecular complexity index is 1550. The zero-order valence-corrected chi connectivity index (χ0v) is 26.2. The van der Waals surface area contributed by atoms with Crippen LogP contribution >= 0.6 is 0 Å². The molecule has 2 unspecified atom stereocenters. The summed E-state index contributed by atoms with van der Waals surface area (Å²) in [7, 11) is 2.13. The van der Waals surface area contributed by atoms with Crippen LogP contribution in [0.25, 0.3) is 10.9 Å². The van der Waals surface area contributed by atoms with E-state index < -0.39 is 5.60 Å². The quantitative estimate of drug-likeness (QED) is 0.405. The Morgan fingerprint density at radius 1 is 1.07 bits per heavy atom. The second kappa shape index (κ2) is 12.4. The maximum atomic E-state index is 13.0. The first-order chi connectivity index (χ1) is 21.2. The van der Waals surface area contributed by atoms with Gasteiger partial charge in [-0.05, 0) is 65.8 Å². The number of carbonyl (C=O) groups excluding carboxylic acids is 1. The molecule has 44 heavy (non-hydrogen) atoms.